The van der Waals surface area contributed by atoms with Crippen LogP contribution < -0.4 is 21.7 Å². The van der Waals surface area contributed by atoms with Gasteiger partial charge in [-0.1, -0.05) is 39.5 Å². The van der Waals surface area contributed by atoms with Crippen molar-refractivity contribution in [3.05, 3.63) is 36.8 Å². The molecule has 8 unspecified atom stereocenters. The molecule has 0 radical (unpaired) electrons. The SMILES string of the molecule is CC(C)CC(NC(=O)c1ccco1)C(=O)SCCNC(=O)CCNC(=O)C(O)C(C)(C)COP(=O)(O)OP(=O)(O)OCC1OC(n2cnc3c(N)ncnc32)C(O)C1OP(=O)(O)O. The third-order valence-electron chi connectivity index (χ3n) is 8.79. The Morgan fingerprint density at radius 2 is 1.73 bits per heavy atom. The lowest BCUT2D eigenvalue weighted by atomic mass is 9.87. The summed E-state index contributed by atoms with van der Waals surface area (Å²) in [5.74, 6) is -1.78. The molecule has 352 valence electrons. The molecule has 0 aromatic carbocycles. The van der Waals surface area contributed by atoms with Gasteiger partial charge in [0.15, 0.2) is 23.5 Å². The topological polar surface area (TPSA) is 406 Å². The number of nitrogens with two attached hydrogens (primary N) is 1. The zero-order valence-electron chi connectivity index (χ0n) is 34.0. The molecule has 0 spiro atoms. The average molecular weight is 975 g/mol. The lowest BCUT2D eigenvalue weighted by molar-refractivity contribution is -0.137. The van der Waals surface area contributed by atoms with E-state index >= 15 is 0 Å². The number of aliphatic hydroxyl groups excluding tert-OH is 2. The number of amides is 3. The van der Waals surface area contributed by atoms with E-state index in [0.29, 0.717) is 6.42 Å². The highest BCUT2D eigenvalue weighted by atomic mass is 32.2. The zero-order chi connectivity index (χ0) is 46.9. The number of rotatable bonds is 24. The van der Waals surface area contributed by atoms with Gasteiger partial charge in [-0.2, -0.15) is 4.31 Å². The standard InChI is InChI=1S/C32H49N8O19P3S/c1-17(2)12-18(39-28(44)19-6-5-10-54-19)31(46)63-11-9-34-21(41)7-8-35-29(45)25(43)32(3,4)14-56-62(52,53)59-61(50,51)55-13-20-24(58-60(47,48)49)23(42)30(57-20)40-16-38-22-26(33)36-15-37-27(22)40/h5-6,10,15-18,20,23-25,30,42-43H,7-9,11-14H2,1-4H3,(H,34,41)(H,35,45)(H,39,44)(H,50,51)(H,52,53)(H2,33,36,37)(H2,47,48,49). The number of carbonyl (C=O) groups excluding carboxylic acids is 4. The summed E-state index contributed by atoms with van der Waals surface area (Å²) >= 11 is 0.914. The summed E-state index contributed by atoms with van der Waals surface area (Å²) in [7, 11) is -16.5. The van der Waals surface area contributed by atoms with Crippen LogP contribution in [0.3, 0.4) is 0 Å². The zero-order valence-corrected chi connectivity index (χ0v) is 37.5. The van der Waals surface area contributed by atoms with Crippen LogP contribution in [0.4, 0.5) is 5.82 Å². The van der Waals surface area contributed by atoms with Gasteiger partial charge in [0.25, 0.3) is 5.91 Å². The van der Waals surface area contributed by atoms with Crippen molar-refractivity contribution in [1.29, 1.82) is 0 Å². The number of aliphatic hydroxyl groups is 2. The van der Waals surface area contributed by atoms with Gasteiger partial charge in [0.2, 0.25) is 16.9 Å². The van der Waals surface area contributed by atoms with E-state index in [2.05, 4.69) is 39.7 Å². The summed E-state index contributed by atoms with van der Waals surface area (Å²) in [5.41, 5.74) is 4.21. The summed E-state index contributed by atoms with van der Waals surface area (Å²) in [6.45, 7) is 4.01. The van der Waals surface area contributed by atoms with Crippen LogP contribution in [-0.2, 0) is 50.7 Å². The van der Waals surface area contributed by atoms with Gasteiger partial charge in [-0.05, 0) is 24.5 Å². The predicted octanol–water partition coefficient (Wildman–Crippen LogP) is 0.102. The van der Waals surface area contributed by atoms with E-state index in [0.717, 1.165) is 29.0 Å². The van der Waals surface area contributed by atoms with Gasteiger partial charge < -0.3 is 60.6 Å². The molecule has 11 N–H and O–H groups in total. The summed E-state index contributed by atoms with van der Waals surface area (Å²) in [6, 6.07) is 2.22. The minimum atomic E-state index is -5.60. The molecule has 3 aromatic rings. The number of ether oxygens (including phenoxy) is 1. The van der Waals surface area contributed by atoms with Crippen LogP contribution in [0.1, 0.15) is 57.3 Å². The molecule has 27 nitrogen and oxygen atoms in total. The Bertz CT molecular complexity index is 2210. The number of hydrogen-bond acceptors (Lipinski definition) is 20. The van der Waals surface area contributed by atoms with Gasteiger partial charge in [-0.25, -0.2) is 28.6 Å². The molecule has 1 fully saturated rings. The minimum absolute atomic E-state index is 0.0206. The number of phosphoric acid groups is 3. The van der Waals surface area contributed by atoms with Crippen LogP contribution in [0.5, 0.6) is 0 Å². The van der Waals surface area contributed by atoms with E-state index in [4.69, 9.17) is 23.9 Å². The van der Waals surface area contributed by atoms with Crippen LogP contribution in [0.15, 0.2) is 35.5 Å². The number of carbonyl (C=O) groups is 4. The number of nitrogen functional groups attached to an aromatic ring is 1. The van der Waals surface area contributed by atoms with Crippen molar-refractivity contribution in [2.75, 3.05) is 37.8 Å². The van der Waals surface area contributed by atoms with Crippen LogP contribution in [0.25, 0.3) is 11.2 Å². The van der Waals surface area contributed by atoms with Crippen molar-refractivity contribution in [1.82, 2.24) is 35.5 Å². The van der Waals surface area contributed by atoms with E-state index in [-0.39, 0.29) is 59.0 Å². The molecule has 0 aliphatic carbocycles. The van der Waals surface area contributed by atoms with Crippen molar-refractivity contribution in [3.8, 4) is 0 Å². The van der Waals surface area contributed by atoms with E-state index in [1.54, 1.807) is 6.07 Å². The molecule has 1 aliphatic heterocycles. The van der Waals surface area contributed by atoms with Gasteiger partial charge >= 0.3 is 23.5 Å². The summed E-state index contributed by atoms with van der Waals surface area (Å²) < 4.78 is 67.4. The van der Waals surface area contributed by atoms with Crippen LogP contribution in [0.2, 0.25) is 0 Å². The molecule has 3 amide bonds. The number of hydrogen-bond donors (Lipinski definition) is 10. The number of anilines is 1. The molecule has 4 heterocycles. The van der Waals surface area contributed by atoms with Gasteiger partial charge in [-0.15, -0.1) is 0 Å². The first kappa shape index (κ1) is 51.9. The van der Waals surface area contributed by atoms with E-state index in [9.17, 15) is 62.7 Å². The molecular formula is C32H49N8O19P3S. The Hall–Kier alpha value is -3.69. The van der Waals surface area contributed by atoms with Gasteiger partial charge in [0, 0.05) is 30.7 Å². The molecule has 0 bridgehead atoms. The number of thioether (sulfide) groups is 1. The molecule has 3 aromatic heterocycles. The first-order valence-electron chi connectivity index (χ1n) is 18.7. The highest BCUT2D eigenvalue weighted by molar-refractivity contribution is 8.13. The molecule has 1 aliphatic rings. The highest BCUT2D eigenvalue weighted by Crippen LogP contribution is 2.61. The minimum Gasteiger partial charge on any atom is -0.459 e. The molecule has 0 saturated carbocycles. The number of imidazole rings is 1. The molecule has 31 heteroatoms. The Morgan fingerprint density at radius 1 is 1.03 bits per heavy atom. The Labute approximate surface area is 362 Å². The van der Waals surface area contributed by atoms with Crippen LogP contribution >= 0.6 is 35.2 Å². The number of furan rings is 1. The first-order chi connectivity index (χ1) is 29.3. The number of fused-ring (bicyclic) bond motifs is 1. The number of aromatic nitrogens is 4. The van der Waals surface area contributed by atoms with Crippen molar-refractivity contribution < 1.29 is 89.7 Å². The first-order valence-corrected chi connectivity index (χ1v) is 24.2. The van der Waals surface area contributed by atoms with Crippen molar-refractivity contribution >= 4 is 75.0 Å². The van der Waals surface area contributed by atoms with Crippen LogP contribution in [0, 0.1) is 11.3 Å². The molecule has 4 rings (SSSR count). The van der Waals surface area contributed by atoms with Crippen molar-refractivity contribution in [2.45, 2.75) is 77.2 Å². The molecule has 1 saturated heterocycles. The molecule has 63 heavy (non-hydrogen) atoms. The number of phosphoric ester groups is 3. The summed E-state index contributed by atoms with van der Waals surface area (Å²) in [6.07, 6.45) is -5.39. The maximum absolute atomic E-state index is 12.8. The second-order valence-electron chi connectivity index (χ2n) is 14.9. The Balaban J connectivity index is 1.20. The lowest BCUT2D eigenvalue weighted by Gasteiger charge is -2.30. The van der Waals surface area contributed by atoms with Crippen molar-refractivity contribution in [3.63, 3.8) is 0 Å². The van der Waals surface area contributed by atoms with Gasteiger partial charge in [0.1, 0.15) is 36.3 Å². The second-order valence-corrected chi connectivity index (χ2v) is 20.2. The third-order valence-corrected chi connectivity index (χ3v) is 12.9. The maximum atomic E-state index is 12.8. The van der Waals surface area contributed by atoms with Gasteiger partial charge in [-0.3, -0.25) is 37.3 Å². The fraction of sp³-hybridized carbons (Fsp3) is 0.594. The lowest BCUT2D eigenvalue weighted by Crippen LogP contribution is -2.46. The maximum Gasteiger partial charge on any atom is 0.481 e. The fourth-order valence-corrected chi connectivity index (χ4v) is 9.30. The van der Waals surface area contributed by atoms with E-state index in [1.165, 1.54) is 26.2 Å². The quantitative estimate of drug-likeness (QED) is 0.0420. The monoisotopic (exact) mass is 974 g/mol. The van der Waals surface area contributed by atoms with Crippen molar-refractivity contribution in [2.24, 2.45) is 11.3 Å². The highest BCUT2D eigenvalue weighted by Gasteiger charge is 2.50. The molecular weight excluding hydrogens is 925 g/mol. The Morgan fingerprint density at radius 3 is 2.38 bits per heavy atom. The number of nitrogens with one attached hydrogen (secondary N) is 3. The predicted molar refractivity (Wildman–Crippen MR) is 217 cm³/mol. The van der Waals surface area contributed by atoms with E-state index < -0.39 is 96.5 Å². The Kier molecular flexibility index (Phi) is 18.1. The van der Waals surface area contributed by atoms with E-state index in [1.807, 2.05) is 13.8 Å². The van der Waals surface area contributed by atoms with Crippen LogP contribution in [-0.4, -0.2) is 135 Å². The third kappa shape index (κ3) is 15.5. The summed E-state index contributed by atoms with van der Waals surface area (Å²) in [4.78, 5) is 101. The van der Waals surface area contributed by atoms with Gasteiger partial charge in [0.05, 0.1) is 31.8 Å². The molecule has 8 atom stereocenters. The smallest absolute Gasteiger partial charge is 0.459 e. The number of nitrogens with zero attached hydrogens (tertiary/aromatic N) is 4. The average Bonchev–Trinajstić information content (AvgIpc) is 3.94. The largest absolute Gasteiger partial charge is 0.481 e. The second kappa shape index (κ2) is 22.0. The summed E-state index contributed by atoms with van der Waals surface area (Å²) in [5, 5.41) is 28.8. The normalized spacial score (nSPS) is 21.1. The fourth-order valence-electron chi connectivity index (χ4n) is 5.71.